The fourth-order valence-electron chi connectivity index (χ4n) is 1.19. The van der Waals surface area contributed by atoms with Crippen LogP contribution in [0.5, 0.6) is 11.6 Å². The zero-order valence-corrected chi connectivity index (χ0v) is 11.3. The number of halogens is 2. The fraction of sp³-hybridized carbons (Fsp3) is 0.0909. The van der Waals surface area contributed by atoms with Crippen molar-refractivity contribution in [3.05, 3.63) is 40.0 Å². The first kappa shape index (κ1) is 12.1. The Hall–Kier alpha value is -1.33. The largest absolute Gasteiger partial charge is 0.437 e. The third kappa shape index (κ3) is 3.08. The minimum absolute atomic E-state index is 0.323. The van der Waals surface area contributed by atoms with Crippen molar-refractivity contribution in [3.8, 4) is 11.6 Å². The molecule has 1 aromatic carbocycles. The third-order valence-electron chi connectivity index (χ3n) is 1.95. The van der Waals surface area contributed by atoms with Gasteiger partial charge in [-0.25, -0.2) is 4.98 Å². The van der Waals surface area contributed by atoms with E-state index in [1.54, 1.807) is 7.05 Å². The van der Waals surface area contributed by atoms with Crippen LogP contribution in [-0.4, -0.2) is 17.0 Å². The molecule has 6 heteroatoms. The molecule has 0 saturated heterocycles. The van der Waals surface area contributed by atoms with E-state index in [2.05, 4.69) is 31.2 Å². The summed E-state index contributed by atoms with van der Waals surface area (Å²) >= 11 is 9.32. The Bertz CT molecular complexity index is 536. The van der Waals surface area contributed by atoms with Crippen LogP contribution in [0, 0.1) is 0 Å². The molecule has 0 bridgehead atoms. The number of benzene rings is 1. The van der Waals surface area contributed by atoms with Gasteiger partial charge < -0.3 is 10.1 Å². The van der Waals surface area contributed by atoms with E-state index in [1.807, 2.05) is 24.3 Å². The highest BCUT2D eigenvalue weighted by atomic mass is 79.9. The maximum absolute atomic E-state index is 5.95. The first-order chi connectivity index (χ1) is 8.19. The van der Waals surface area contributed by atoms with Gasteiger partial charge >= 0.3 is 0 Å². The molecule has 17 heavy (non-hydrogen) atoms. The number of anilines is 1. The monoisotopic (exact) mass is 313 g/mol. The lowest BCUT2D eigenvalue weighted by Crippen LogP contribution is -1.98. The van der Waals surface area contributed by atoms with Gasteiger partial charge in [-0.15, -0.1) is 0 Å². The molecule has 1 N–H and O–H groups in total. The summed E-state index contributed by atoms with van der Waals surface area (Å²) in [6.45, 7) is 0. The lowest BCUT2D eigenvalue weighted by atomic mass is 10.3. The molecule has 0 aliphatic carbocycles. The van der Waals surface area contributed by atoms with Crippen LogP contribution in [0.25, 0.3) is 0 Å². The van der Waals surface area contributed by atoms with Crippen LogP contribution in [0.2, 0.25) is 5.02 Å². The molecule has 0 atom stereocenters. The molecule has 0 saturated carbocycles. The SMILES string of the molecule is CNc1ncc(Cl)c(Oc2cccc(Br)c2)n1. The third-order valence-corrected chi connectivity index (χ3v) is 2.70. The molecular weight excluding hydrogens is 305 g/mol. The van der Waals surface area contributed by atoms with Gasteiger partial charge in [0, 0.05) is 11.5 Å². The molecular formula is C11H9BrClN3O. The smallest absolute Gasteiger partial charge is 0.243 e. The van der Waals surface area contributed by atoms with Crippen LogP contribution in [0.3, 0.4) is 0 Å². The zero-order chi connectivity index (χ0) is 12.3. The zero-order valence-electron chi connectivity index (χ0n) is 8.95. The second-order valence-electron chi connectivity index (χ2n) is 3.16. The second kappa shape index (κ2) is 5.33. The molecule has 2 aromatic rings. The number of nitrogens with one attached hydrogen (secondary N) is 1. The van der Waals surface area contributed by atoms with E-state index in [9.17, 15) is 0 Å². The van der Waals surface area contributed by atoms with Crippen molar-refractivity contribution in [2.24, 2.45) is 0 Å². The number of nitrogens with zero attached hydrogens (tertiary/aromatic N) is 2. The lowest BCUT2D eigenvalue weighted by molar-refractivity contribution is 0.462. The van der Waals surface area contributed by atoms with Crippen LogP contribution in [-0.2, 0) is 0 Å². The molecule has 1 aromatic heterocycles. The van der Waals surface area contributed by atoms with Gasteiger partial charge in [-0.2, -0.15) is 4.98 Å². The molecule has 4 nitrogen and oxygen atoms in total. The van der Waals surface area contributed by atoms with E-state index >= 15 is 0 Å². The van der Waals surface area contributed by atoms with E-state index in [1.165, 1.54) is 6.20 Å². The Labute approximate surface area is 112 Å². The lowest BCUT2D eigenvalue weighted by Gasteiger charge is -2.07. The fourth-order valence-corrected chi connectivity index (χ4v) is 1.69. The van der Waals surface area contributed by atoms with Gasteiger partial charge in [0.05, 0.1) is 6.20 Å². The standard InChI is InChI=1S/C11H9BrClN3O/c1-14-11-15-6-9(13)10(16-11)17-8-4-2-3-7(12)5-8/h2-6H,1H3,(H,14,15,16). The summed E-state index contributed by atoms with van der Waals surface area (Å²) in [7, 11) is 1.73. The van der Waals surface area contributed by atoms with Crippen LogP contribution in [0.15, 0.2) is 34.9 Å². The Balaban J connectivity index is 2.29. The van der Waals surface area contributed by atoms with Crippen LogP contribution in [0.4, 0.5) is 5.95 Å². The predicted molar refractivity (Wildman–Crippen MR) is 70.8 cm³/mol. The van der Waals surface area contributed by atoms with Crippen LogP contribution < -0.4 is 10.1 Å². The summed E-state index contributed by atoms with van der Waals surface area (Å²) in [5.74, 6) is 1.44. The van der Waals surface area contributed by atoms with E-state index in [-0.39, 0.29) is 0 Å². The number of ether oxygens (including phenoxy) is 1. The van der Waals surface area contributed by atoms with Gasteiger partial charge in [-0.3, -0.25) is 0 Å². The van der Waals surface area contributed by atoms with Gasteiger partial charge in [0.15, 0.2) is 0 Å². The number of aromatic nitrogens is 2. The second-order valence-corrected chi connectivity index (χ2v) is 4.48. The average Bonchev–Trinajstić information content (AvgIpc) is 2.32. The van der Waals surface area contributed by atoms with Gasteiger partial charge in [0.25, 0.3) is 0 Å². The van der Waals surface area contributed by atoms with Crippen molar-refractivity contribution < 1.29 is 4.74 Å². The summed E-state index contributed by atoms with van der Waals surface area (Å²) in [4.78, 5) is 8.10. The molecule has 0 fully saturated rings. The highest BCUT2D eigenvalue weighted by Crippen LogP contribution is 2.28. The van der Waals surface area contributed by atoms with Crippen molar-refractivity contribution in [1.29, 1.82) is 0 Å². The molecule has 2 rings (SSSR count). The topological polar surface area (TPSA) is 47.0 Å². The summed E-state index contributed by atoms with van der Waals surface area (Å²) in [6.07, 6.45) is 1.49. The molecule has 0 unspecified atom stereocenters. The number of hydrogen-bond donors (Lipinski definition) is 1. The molecule has 88 valence electrons. The molecule has 0 amide bonds. The summed E-state index contributed by atoms with van der Waals surface area (Å²) in [5, 5.41) is 3.19. The van der Waals surface area contributed by atoms with Crippen LogP contribution >= 0.6 is 27.5 Å². The van der Waals surface area contributed by atoms with Gasteiger partial charge in [-0.1, -0.05) is 33.6 Å². The number of hydrogen-bond acceptors (Lipinski definition) is 4. The molecule has 0 radical (unpaired) electrons. The first-order valence-corrected chi connectivity index (χ1v) is 6.00. The Morgan fingerprint density at radius 3 is 2.94 bits per heavy atom. The van der Waals surface area contributed by atoms with E-state index in [0.717, 1.165) is 4.47 Å². The van der Waals surface area contributed by atoms with Crippen molar-refractivity contribution in [2.45, 2.75) is 0 Å². The minimum atomic E-state index is 0.323. The van der Waals surface area contributed by atoms with Crippen molar-refractivity contribution in [3.63, 3.8) is 0 Å². The molecule has 0 aliphatic heterocycles. The first-order valence-electron chi connectivity index (χ1n) is 4.83. The Morgan fingerprint density at radius 2 is 2.24 bits per heavy atom. The van der Waals surface area contributed by atoms with Crippen molar-refractivity contribution in [2.75, 3.05) is 12.4 Å². The molecule has 1 heterocycles. The predicted octanol–water partition coefficient (Wildman–Crippen LogP) is 3.73. The number of rotatable bonds is 3. The highest BCUT2D eigenvalue weighted by molar-refractivity contribution is 9.10. The van der Waals surface area contributed by atoms with E-state index in [4.69, 9.17) is 16.3 Å². The summed E-state index contributed by atoms with van der Waals surface area (Å²) in [5.41, 5.74) is 0. The Morgan fingerprint density at radius 1 is 1.41 bits per heavy atom. The summed E-state index contributed by atoms with van der Waals surface area (Å²) < 4.78 is 6.50. The highest BCUT2D eigenvalue weighted by Gasteiger charge is 2.07. The summed E-state index contributed by atoms with van der Waals surface area (Å²) in [6, 6.07) is 7.43. The van der Waals surface area contributed by atoms with Gasteiger partial charge in [0.1, 0.15) is 10.8 Å². The van der Waals surface area contributed by atoms with E-state index < -0.39 is 0 Å². The Kier molecular flexibility index (Phi) is 3.81. The van der Waals surface area contributed by atoms with E-state index in [0.29, 0.717) is 22.6 Å². The normalized spacial score (nSPS) is 10.1. The van der Waals surface area contributed by atoms with Gasteiger partial charge in [0.2, 0.25) is 11.8 Å². The van der Waals surface area contributed by atoms with Crippen LogP contribution in [0.1, 0.15) is 0 Å². The maximum Gasteiger partial charge on any atom is 0.243 e. The minimum Gasteiger partial charge on any atom is -0.437 e. The molecule has 0 spiro atoms. The van der Waals surface area contributed by atoms with Gasteiger partial charge in [-0.05, 0) is 18.2 Å². The molecule has 0 aliphatic rings. The maximum atomic E-state index is 5.95. The quantitative estimate of drug-likeness (QED) is 0.938. The van der Waals surface area contributed by atoms with Crippen molar-refractivity contribution >= 4 is 33.5 Å². The van der Waals surface area contributed by atoms with Crippen molar-refractivity contribution in [1.82, 2.24) is 9.97 Å². The average molecular weight is 315 g/mol.